The molecule has 113 heavy (non-hydrogen) atoms. The van der Waals surface area contributed by atoms with E-state index in [1.165, 1.54) is 79.2 Å². The van der Waals surface area contributed by atoms with Gasteiger partial charge >= 0.3 is 0 Å². The van der Waals surface area contributed by atoms with Gasteiger partial charge < -0.3 is 60.8 Å². The van der Waals surface area contributed by atoms with Crippen molar-refractivity contribution < 1.29 is 31.2 Å². The van der Waals surface area contributed by atoms with E-state index in [0.717, 1.165) is 182 Å². The Hall–Kier alpha value is -9.09. The monoisotopic (exact) mass is 1650 g/mol. The second kappa shape index (κ2) is 36.2. The number of anilines is 4. The van der Waals surface area contributed by atoms with Crippen LogP contribution >= 0.6 is 45.3 Å². The van der Waals surface area contributed by atoms with E-state index in [9.17, 15) is 31.2 Å². The number of nitrogens with zero attached hydrogens (tertiary/aromatic N) is 12. The number of piperidine rings is 4. The number of Topliss-reactive ketones (excluding diaryl/α,β-unsaturated/α-hetero) is 1. The summed E-state index contributed by atoms with van der Waals surface area (Å²) in [5.74, 6) is 2.07. The normalized spacial score (nSPS) is 19.8. The Morgan fingerprint density at radius 1 is 0.496 bits per heavy atom. The second-order valence-corrected chi connectivity index (χ2v) is 38.7. The van der Waals surface area contributed by atoms with E-state index in [4.69, 9.17) is 4.98 Å². The summed E-state index contributed by atoms with van der Waals surface area (Å²) in [6.07, 6.45) is 30.2. The predicted molar refractivity (Wildman–Crippen MR) is 457 cm³/mol. The molecule has 8 N–H and O–H groups in total. The lowest BCUT2D eigenvalue weighted by molar-refractivity contribution is -0.132. The fourth-order valence-electron chi connectivity index (χ4n) is 15.6. The molecular weight excluding hydrogens is 1550 g/mol. The number of ketones is 1. The molecule has 16 rings (SSSR count). The lowest BCUT2D eigenvalue weighted by Crippen LogP contribution is -2.49. The van der Waals surface area contributed by atoms with E-state index in [-0.39, 0.29) is 38.1 Å². The largest absolute Gasteiger partial charge is 0.380 e. The summed E-state index contributed by atoms with van der Waals surface area (Å²) in [4.78, 5) is 94.3. The molecule has 0 saturated carbocycles. The van der Waals surface area contributed by atoms with Crippen LogP contribution in [0.3, 0.4) is 0 Å². The lowest BCUT2D eigenvalue weighted by Gasteiger charge is -2.38. The number of amides is 2. The quantitative estimate of drug-likeness (QED) is 0.0310. The Balaban J connectivity index is 0.000000132. The molecule has 33 heteroatoms. The first-order valence-electron chi connectivity index (χ1n) is 39.0. The number of aromatic nitrogens is 12. The van der Waals surface area contributed by atoms with Crippen molar-refractivity contribution >= 4 is 150 Å². The van der Waals surface area contributed by atoms with Crippen LogP contribution in [0.15, 0.2) is 106 Å². The molecule has 0 radical (unpaired) electrons. The van der Waals surface area contributed by atoms with Crippen LogP contribution in [0.5, 0.6) is 0 Å². The molecule has 0 aromatic carbocycles. The van der Waals surface area contributed by atoms with Gasteiger partial charge in [0.05, 0.1) is 62.3 Å². The highest BCUT2D eigenvalue weighted by molar-refractivity contribution is 7.93. The van der Waals surface area contributed by atoms with E-state index in [0.29, 0.717) is 70.7 Å². The van der Waals surface area contributed by atoms with Gasteiger partial charge in [-0.3, -0.25) is 14.4 Å². The van der Waals surface area contributed by atoms with Gasteiger partial charge in [-0.05, 0) is 107 Å². The summed E-state index contributed by atoms with van der Waals surface area (Å²) in [5, 5.41) is 24.1. The van der Waals surface area contributed by atoms with Gasteiger partial charge in [-0.2, -0.15) is 0 Å². The van der Waals surface area contributed by atoms with Gasteiger partial charge in [-0.25, -0.2) is 56.7 Å². The van der Waals surface area contributed by atoms with E-state index in [1.54, 1.807) is 43.0 Å². The summed E-state index contributed by atoms with van der Waals surface area (Å²) in [6.45, 7) is 28.4. The fraction of sp³-hybridized carbons (Fsp3) is 0.463. The molecule has 4 aliphatic rings. The fourth-order valence-corrected chi connectivity index (χ4v) is 20.8. The topological polar surface area (TPSA) is 347 Å². The SMILES string of the molecule is CCC(=O)N1CCC[C@@H](Nc2c(-c3ncc(C(C)=O)s3)cnc3[nH]ccc23)C1.CCC(=O)N1CC[C@@H](C)[C@@H](Nc2c(-c3ncc(S(C)(=O)=O)s3)cnc3[nH]ccc23)C1.CCCN1C[C@@H](C)C[C@@H](Nc2c(-c3nc(C)cs3)cnc3[nH]ccc23)C1.CCCN1C[C@@H](C)C[C@@H](Nc2c(-c3ncc(S(C)(=O)=O)s3)cnc3[nH]ccc23)C1. The number of aryl methyl sites for hydroxylation is 1. The minimum atomic E-state index is -3.33. The van der Waals surface area contributed by atoms with Crippen molar-refractivity contribution in [2.45, 2.75) is 153 Å². The van der Waals surface area contributed by atoms with Crippen LogP contribution in [0.1, 0.15) is 129 Å². The summed E-state index contributed by atoms with van der Waals surface area (Å²) in [6, 6.07) is 9.07. The summed E-state index contributed by atoms with van der Waals surface area (Å²) >= 11 is 5.39. The van der Waals surface area contributed by atoms with Gasteiger partial charge in [-0.15, -0.1) is 45.3 Å². The standard InChI is InChI=1S/C20H25N5O3S2.C20H27N5O2S2.C20H23N5O2S.C20H27N5S/c1-4-16(26)25-8-6-12(2)15(11-25)24-18-13-5-7-21-19(13)22-9-14(18)20-23-10-17(29-20)30(3,27)28;1-4-7-25-11-13(2)8-14(12-25)24-18-15-5-6-21-19(15)22-9-16(18)20-23-10-17(28-20)29(3,26)27;1-3-17(27)25-8-4-5-13(11-25)24-18-14-6-7-21-19(14)22-9-15(18)20-23-10-16(28-20)12(2)26;1-4-7-25-10-13(2)8-15(11-25)24-18-16-5-6-21-19(16)22-9-17(18)20-23-14(3)12-26-20/h5,7,9-10,12,15H,4,6,8,11H2,1-3H3,(H2,21,22,24);5-6,9-10,13-14H,4,7-8,11-12H2,1-3H3,(H2,21,22,24);6-7,9-10,13H,3-5,8,11H2,1-2H3,(H2,21,22,24);5-6,9,12-13,15H,4,7-8,10-11H2,1-3H3,(H2,21,22,24)/t12-,15+;13-,14+;13-;13-,15+/m1010/s1. The summed E-state index contributed by atoms with van der Waals surface area (Å²) in [5.41, 5.74) is 11.9. The Labute approximate surface area is 675 Å². The first-order valence-corrected chi connectivity index (χ1v) is 46.1. The third kappa shape index (κ3) is 19.5. The molecule has 0 bridgehead atoms. The van der Waals surface area contributed by atoms with Crippen molar-refractivity contribution in [3.63, 3.8) is 0 Å². The third-order valence-corrected chi connectivity index (χ3v) is 28.8. The number of carbonyl (C=O) groups is 3. The number of rotatable bonds is 21. The van der Waals surface area contributed by atoms with Crippen LogP contribution in [0.4, 0.5) is 22.7 Å². The Kier molecular flexibility index (Phi) is 26.2. The predicted octanol–water partition coefficient (Wildman–Crippen LogP) is 15.0. The molecule has 0 aliphatic carbocycles. The molecule has 12 aromatic heterocycles. The van der Waals surface area contributed by atoms with Crippen LogP contribution < -0.4 is 21.3 Å². The van der Waals surface area contributed by atoms with Crippen LogP contribution in [0.25, 0.3) is 86.4 Å². The zero-order valence-electron chi connectivity index (χ0n) is 65.9. The van der Waals surface area contributed by atoms with Gasteiger partial charge in [0.15, 0.2) is 25.5 Å². The molecule has 0 unspecified atom stereocenters. The number of hydrogen-bond donors (Lipinski definition) is 8. The molecule has 600 valence electrons. The van der Waals surface area contributed by atoms with Gasteiger partial charge in [0.2, 0.25) is 11.8 Å². The molecule has 2 amide bonds. The molecular formula is C80H102N20O7S6. The maximum atomic E-state index is 12.2. The van der Waals surface area contributed by atoms with Gasteiger partial charge in [0.1, 0.15) is 51.0 Å². The van der Waals surface area contributed by atoms with Crippen molar-refractivity contribution in [3.05, 3.63) is 108 Å². The zero-order valence-corrected chi connectivity index (χ0v) is 70.8. The molecule has 7 atom stereocenters. The van der Waals surface area contributed by atoms with Gasteiger partial charge in [-0.1, -0.05) is 48.5 Å². The lowest BCUT2D eigenvalue weighted by atomic mass is 9.92. The minimum Gasteiger partial charge on any atom is -0.380 e. The molecule has 0 spiro atoms. The number of pyridine rings is 4. The number of aromatic amines is 4. The number of hydrogen-bond acceptors (Lipinski definition) is 25. The number of sulfone groups is 2. The maximum Gasteiger partial charge on any atom is 0.222 e. The number of thiazole rings is 4. The van der Waals surface area contributed by atoms with Crippen LogP contribution in [-0.2, 0) is 29.3 Å². The van der Waals surface area contributed by atoms with E-state index < -0.39 is 19.7 Å². The first kappa shape index (κ1) is 81.9. The maximum absolute atomic E-state index is 12.2. The van der Waals surface area contributed by atoms with Crippen molar-refractivity contribution in [2.75, 3.05) is 99.2 Å². The van der Waals surface area contributed by atoms with E-state index >= 15 is 0 Å². The smallest absolute Gasteiger partial charge is 0.222 e. The molecule has 4 fully saturated rings. The van der Waals surface area contributed by atoms with E-state index in [1.807, 2.05) is 79.8 Å². The molecule has 12 aromatic rings. The highest BCUT2D eigenvalue weighted by atomic mass is 32.2. The number of nitrogens with one attached hydrogen (secondary N) is 8. The van der Waals surface area contributed by atoms with Crippen molar-refractivity contribution in [3.8, 4) is 42.3 Å². The molecule has 16 heterocycles. The third-order valence-electron chi connectivity index (χ3n) is 21.1. The van der Waals surface area contributed by atoms with Crippen molar-refractivity contribution in [2.24, 2.45) is 17.8 Å². The molecule has 4 aliphatic heterocycles. The Morgan fingerprint density at radius 2 is 0.912 bits per heavy atom. The van der Waals surface area contributed by atoms with E-state index in [2.05, 4.69) is 132 Å². The van der Waals surface area contributed by atoms with Gasteiger partial charge in [0, 0.05) is 197 Å². The van der Waals surface area contributed by atoms with Crippen molar-refractivity contribution in [1.82, 2.24) is 79.4 Å². The van der Waals surface area contributed by atoms with Crippen LogP contribution in [-0.4, -0.2) is 216 Å². The number of likely N-dealkylation sites (tertiary alicyclic amines) is 4. The highest BCUT2D eigenvalue weighted by Crippen LogP contribution is 2.43. The molecule has 4 saturated heterocycles. The summed E-state index contributed by atoms with van der Waals surface area (Å²) < 4.78 is 48.2. The first-order chi connectivity index (χ1) is 54.3. The second-order valence-electron chi connectivity index (χ2n) is 30.3. The number of carbonyl (C=O) groups excluding carboxylic acids is 3. The average molecular weight is 1650 g/mol. The van der Waals surface area contributed by atoms with Crippen molar-refractivity contribution in [1.29, 1.82) is 0 Å². The van der Waals surface area contributed by atoms with Crippen LogP contribution in [0, 0.1) is 24.7 Å². The number of fused-ring (bicyclic) bond motifs is 4. The Bertz CT molecular complexity index is 5540. The minimum absolute atomic E-state index is 0.00920. The van der Waals surface area contributed by atoms with Gasteiger partial charge in [0.25, 0.3) is 0 Å². The van der Waals surface area contributed by atoms with Crippen LogP contribution in [0.2, 0.25) is 0 Å². The molecule has 27 nitrogen and oxygen atoms in total. The average Bonchev–Trinajstić information content (AvgIpc) is 1.69. The zero-order chi connectivity index (χ0) is 79.8. The highest BCUT2D eigenvalue weighted by Gasteiger charge is 2.33. The summed E-state index contributed by atoms with van der Waals surface area (Å²) in [7, 11) is -6.61. The number of H-pyrrole nitrogens is 4. The Morgan fingerprint density at radius 3 is 1.31 bits per heavy atom.